The Hall–Kier alpha value is -2.22. The molecule has 2 amide bonds. The normalized spacial score (nSPS) is 15.4. The van der Waals surface area contributed by atoms with Crippen molar-refractivity contribution >= 4 is 11.7 Å². The lowest BCUT2D eigenvalue weighted by Crippen LogP contribution is -2.49. The molecule has 8 heteroatoms. The van der Waals surface area contributed by atoms with Gasteiger partial charge in [0.2, 0.25) is 0 Å². The number of nitrogens with one attached hydrogen (secondary N) is 1. The van der Waals surface area contributed by atoms with Crippen molar-refractivity contribution in [2.24, 2.45) is 5.84 Å². The molecule has 5 nitrogen and oxygen atoms in total. The summed E-state index contributed by atoms with van der Waals surface area (Å²) >= 11 is 0. The maximum atomic E-state index is 12.7. The molecule has 108 valence electrons. The standard InChI is InChI=1S/C12H13F3N4O/c13-12(14,15)9-3-1-4-10(7-9)18-5-2-6-19(8-18)11(20)17-16/h1-5,7H,6,8,16H2,(H,17,20). The van der Waals surface area contributed by atoms with E-state index in [0.717, 1.165) is 12.1 Å². The van der Waals surface area contributed by atoms with Crippen LogP contribution in [0.1, 0.15) is 5.56 Å². The van der Waals surface area contributed by atoms with Gasteiger partial charge in [0.25, 0.3) is 0 Å². The van der Waals surface area contributed by atoms with Gasteiger partial charge in [0, 0.05) is 18.4 Å². The molecule has 2 rings (SSSR count). The van der Waals surface area contributed by atoms with E-state index in [1.807, 2.05) is 5.43 Å². The van der Waals surface area contributed by atoms with Gasteiger partial charge < -0.3 is 9.80 Å². The number of hydrogen-bond acceptors (Lipinski definition) is 3. The van der Waals surface area contributed by atoms with E-state index >= 15 is 0 Å². The fraction of sp³-hybridized carbons (Fsp3) is 0.250. The Morgan fingerprint density at radius 1 is 1.35 bits per heavy atom. The van der Waals surface area contributed by atoms with Crippen molar-refractivity contribution in [1.29, 1.82) is 0 Å². The zero-order valence-electron chi connectivity index (χ0n) is 10.4. The van der Waals surface area contributed by atoms with E-state index in [9.17, 15) is 18.0 Å². The molecule has 0 saturated heterocycles. The number of urea groups is 1. The van der Waals surface area contributed by atoms with Crippen molar-refractivity contribution in [3.63, 3.8) is 0 Å². The lowest BCUT2D eigenvalue weighted by atomic mass is 10.2. The summed E-state index contributed by atoms with van der Waals surface area (Å²) in [6.07, 6.45) is -1.10. The van der Waals surface area contributed by atoms with Gasteiger partial charge in [-0.2, -0.15) is 13.2 Å². The first kappa shape index (κ1) is 14.2. The summed E-state index contributed by atoms with van der Waals surface area (Å²) in [6.45, 7) is 0.472. The quantitative estimate of drug-likeness (QED) is 0.471. The van der Waals surface area contributed by atoms with E-state index in [4.69, 9.17) is 5.84 Å². The summed E-state index contributed by atoms with van der Waals surface area (Å²) in [7, 11) is 0. The summed E-state index contributed by atoms with van der Waals surface area (Å²) in [5.41, 5.74) is 1.61. The monoisotopic (exact) mass is 286 g/mol. The number of carbonyl (C=O) groups excluding carboxylic acids is 1. The number of halogens is 3. The van der Waals surface area contributed by atoms with Crippen molar-refractivity contribution < 1.29 is 18.0 Å². The molecule has 0 unspecified atom stereocenters. The Kier molecular flexibility index (Phi) is 3.84. The van der Waals surface area contributed by atoms with Gasteiger partial charge in [-0.3, -0.25) is 5.43 Å². The number of carbonyl (C=O) groups is 1. The minimum atomic E-state index is -4.40. The van der Waals surface area contributed by atoms with Crippen molar-refractivity contribution in [1.82, 2.24) is 10.3 Å². The van der Waals surface area contributed by atoms with Crippen LogP contribution in [0.25, 0.3) is 0 Å². The second kappa shape index (κ2) is 5.41. The van der Waals surface area contributed by atoms with Crippen LogP contribution in [0.4, 0.5) is 23.7 Å². The van der Waals surface area contributed by atoms with Crippen LogP contribution >= 0.6 is 0 Å². The molecule has 0 aliphatic carbocycles. The van der Waals surface area contributed by atoms with Gasteiger partial charge in [-0.1, -0.05) is 6.07 Å². The molecule has 1 aromatic carbocycles. The maximum Gasteiger partial charge on any atom is 0.416 e. The Morgan fingerprint density at radius 2 is 2.10 bits per heavy atom. The van der Waals surface area contributed by atoms with Gasteiger partial charge in [0.1, 0.15) is 0 Å². The first-order chi connectivity index (χ1) is 9.41. The third-order valence-electron chi connectivity index (χ3n) is 2.85. The highest BCUT2D eigenvalue weighted by Gasteiger charge is 2.31. The topological polar surface area (TPSA) is 61.6 Å². The number of nitrogens with zero attached hydrogens (tertiary/aromatic N) is 2. The second-order valence-electron chi connectivity index (χ2n) is 4.22. The molecular formula is C12H13F3N4O. The largest absolute Gasteiger partial charge is 0.416 e. The molecule has 20 heavy (non-hydrogen) atoms. The zero-order chi connectivity index (χ0) is 14.8. The fourth-order valence-electron chi connectivity index (χ4n) is 1.86. The average molecular weight is 286 g/mol. The van der Waals surface area contributed by atoms with Crippen LogP contribution < -0.4 is 16.2 Å². The van der Waals surface area contributed by atoms with E-state index in [1.54, 1.807) is 18.3 Å². The Balaban J connectivity index is 2.22. The highest BCUT2D eigenvalue weighted by atomic mass is 19.4. The van der Waals surface area contributed by atoms with Gasteiger partial charge in [0.05, 0.1) is 12.2 Å². The lowest BCUT2D eigenvalue weighted by molar-refractivity contribution is -0.137. The van der Waals surface area contributed by atoms with Crippen LogP contribution in [0.15, 0.2) is 36.5 Å². The predicted octanol–water partition coefficient (Wildman–Crippen LogP) is 1.88. The van der Waals surface area contributed by atoms with Gasteiger partial charge >= 0.3 is 12.2 Å². The Bertz CT molecular complexity index is 530. The average Bonchev–Trinajstić information content (AvgIpc) is 2.46. The van der Waals surface area contributed by atoms with Crippen molar-refractivity contribution in [3.05, 3.63) is 42.1 Å². The highest BCUT2D eigenvalue weighted by molar-refractivity contribution is 5.74. The van der Waals surface area contributed by atoms with Crippen LogP contribution in [0, 0.1) is 0 Å². The smallest absolute Gasteiger partial charge is 0.330 e. The minimum absolute atomic E-state index is 0.126. The molecule has 0 bridgehead atoms. The first-order valence-corrected chi connectivity index (χ1v) is 5.78. The van der Waals surface area contributed by atoms with Gasteiger partial charge in [-0.15, -0.1) is 0 Å². The van der Waals surface area contributed by atoms with Crippen LogP contribution in [0.2, 0.25) is 0 Å². The molecule has 1 aliphatic heterocycles. The third kappa shape index (κ3) is 3.02. The number of rotatable bonds is 1. The Labute approximate surface area is 113 Å². The zero-order valence-corrected chi connectivity index (χ0v) is 10.4. The second-order valence-corrected chi connectivity index (χ2v) is 4.22. The van der Waals surface area contributed by atoms with Crippen LogP contribution in [-0.2, 0) is 6.18 Å². The van der Waals surface area contributed by atoms with Crippen LogP contribution in [-0.4, -0.2) is 24.1 Å². The molecule has 0 fully saturated rings. The molecule has 0 saturated carbocycles. The Morgan fingerprint density at radius 3 is 2.75 bits per heavy atom. The summed E-state index contributed by atoms with van der Waals surface area (Å²) in [4.78, 5) is 14.3. The third-order valence-corrected chi connectivity index (χ3v) is 2.85. The van der Waals surface area contributed by atoms with E-state index in [-0.39, 0.29) is 6.67 Å². The molecule has 0 spiro atoms. The van der Waals surface area contributed by atoms with Crippen molar-refractivity contribution in [2.75, 3.05) is 18.1 Å². The molecule has 0 aromatic heterocycles. The molecule has 1 aromatic rings. The number of nitrogens with two attached hydrogens (primary N) is 1. The van der Waals surface area contributed by atoms with E-state index in [2.05, 4.69) is 0 Å². The number of anilines is 1. The summed E-state index contributed by atoms with van der Waals surface area (Å²) in [6, 6.07) is 4.42. The number of benzene rings is 1. The highest BCUT2D eigenvalue weighted by Crippen LogP contribution is 2.32. The molecule has 0 atom stereocenters. The fourth-order valence-corrected chi connectivity index (χ4v) is 1.86. The lowest BCUT2D eigenvalue weighted by Gasteiger charge is -2.32. The van der Waals surface area contributed by atoms with Gasteiger partial charge in [0.15, 0.2) is 0 Å². The minimum Gasteiger partial charge on any atom is -0.330 e. The van der Waals surface area contributed by atoms with Crippen LogP contribution in [0.5, 0.6) is 0 Å². The van der Waals surface area contributed by atoms with Gasteiger partial charge in [-0.05, 0) is 24.3 Å². The maximum absolute atomic E-state index is 12.7. The number of alkyl halides is 3. The first-order valence-electron chi connectivity index (χ1n) is 5.78. The predicted molar refractivity (Wildman–Crippen MR) is 67.4 cm³/mol. The van der Waals surface area contributed by atoms with E-state index in [0.29, 0.717) is 12.2 Å². The molecule has 1 heterocycles. The molecular weight excluding hydrogens is 273 g/mol. The van der Waals surface area contributed by atoms with Gasteiger partial charge in [-0.25, -0.2) is 10.6 Å². The summed E-state index contributed by atoms with van der Waals surface area (Å²) in [5.74, 6) is 5.04. The summed E-state index contributed by atoms with van der Waals surface area (Å²) in [5, 5.41) is 0. The van der Waals surface area contributed by atoms with Crippen LogP contribution in [0.3, 0.4) is 0 Å². The number of amides is 2. The summed E-state index contributed by atoms with van der Waals surface area (Å²) < 4.78 is 38.0. The van der Waals surface area contributed by atoms with Crippen molar-refractivity contribution in [2.45, 2.75) is 6.18 Å². The van der Waals surface area contributed by atoms with E-state index < -0.39 is 17.8 Å². The number of hydrazine groups is 1. The molecule has 0 radical (unpaired) electrons. The molecule has 1 aliphatic rings. The number of hydrogen-bond donors (Lipinski definition) is 2. The van der Waals surface area contributed by atoms with Crippen molar-refractivity contribution in [3.8, 4) is 0 Å². The molecule has 3 N–H and O–H groups in total. The SMILES string of the molecule is NNC(=O)N1CC=CN(c2cccc(C(F)(F)F)c2)C1. The van der Waals surface area contributed by atoms with E-state index in [1.165, 1.54) is 15.9 Å².